The van der Waals surface area contributed by atoms with E-state index in [4.69, 9.17) is 9.47 Å². The Labute approximate surface area is 142 Å². The van der Waals surface area contributed by atoms with Gasteiger partial charge >= 0.3 is 6.09 Å². The fourth-order valence-corrected chi connectivity index (χ4v) is 2.73. The van der Waals surface area contributed by atoms with E-state index in [1.165, 1.54) is 0 Å². The van der Waals surface area contributed by atoms with Gasteiger partial charge in [-0.2, -0.15) is 0 Å². The molecule has 2 aliphatic rings. The molecule has 8 heteroatoms. The van der Waals surface area contributed by atoms with E-state index in [2.05, 4.69) is 21.3 Å². The molecule has 23 heavy (non-hydrogen) atoms. The maximum atomic E-state index is 12.0. The Morgan fingerprint density at radius 2 is 1.91 bits per heavy atom. The van der Waals surface area contributed by atoms with E-state index >= 15 is 0 Å². The smallest absolute Gasteiger partial charge is 0.414 e. The number of nitrogens with zero attached hydrogens (tertiary/aromatic N) is 3. The molecule has 0 saturated carbocycles. The number of benzene rings is 1. The van der Waals surface area contributed by atoms with E-state index in [1.807, 2.05) is 24.3 Å². The molecule has 0 unspecified atom stereocenters. The molecule has 2 amide bonds. The minimum Gasteiger partial charge on any atom is -0.442 e. The van der Waals surface area contributed by atoms with Gasteiger partial charge in [0.25, 0.3) is 5.91 Å². The SMILES string of the molecule is O=C1COCCN1c1ccc(N2C[C@H](CN=[CH][Al])OC2=O)cc1. The average Bonchev–Trinajstić information content (AvgIpc) is 2.94. The first-order chi connectivity index (χ1) is 11.2. The third kappa shape index (κ3) is 3.55. The van der Waals surface area contributed by atoms with Crippen molar-refractivity contribution in [3.8, 4) is 0 Å². The molecule has 1 atom stereocenters. The molecule has 7 nitrogen and oxygen atoms in total. The van der Waals surface area contributed by atoms with Gasteiger partial charge in [0.05, 0.1) is 19.7 Å². The second-order valence-electron chi connectivity index (χ2n) is 5.24. The van der Waals surface area contributed by atoms with Crippen LogP contribution in [0.25, 0.3) is 0 Å². The molecule has 1 aromatic carbocycles. The summed E-state index contributed by atoms with van der Waals surface area (Å²) >= 11 is 2.39. The van der Waals surface area contributed by atoms with Gasteiger partial charge in [-0.05, 0) is 24.3 Å². The molecular formula is C15H16AlN3O4. The summed E-state index contributed by atoms with van der Waals surface area (Å²) in [5.41, 5.74) is 1.55. The van der Waals surface area contributed by atoms with Crippen LogP contribution in [0.1, 0.15) is 0 Å². The number of rotatable bonds is 4. The Kier molecular flexibility index (Phi) is 4.96. The summed E-state index contributed by atoms with van der Waals surface area (Å²) in [6, 6.07) is 7.31. The molecule has 2 fully saturated rings. The number of aliphatic imine (C=N–C) groups is 1. The summed E-state index contributed by atoms with van der Waals surface area (Å²) in [4.78, 5) is 31.1. The summed E-state index contributed by atoms with van der Waals surface area (Å²) in [6.07, 6.45) is -0.607. The van der Waals surface area contributed by atoms with Crippen LogP contribution in [-0.4, -0.2) is 72.3 Å². The average molecular weight is 329 g/mol. The van der Waals surface area contributed by atoms with Gasteiger partial charge in [-0.3, -0.25) is 9.69 Å². The second-order valence-corrected chi connectivity index (χ2v) is 5.54. The molecule has 0 bridgehead atoms. The lowest BCUT2D eigenvalue weighted by Crippen LogP contribution is -2.41. The van der Waals surface area contributed by atoms with Crippen LogP contribution >= 0.6 is 0 Å². The van der Waals surface area contributed by atoms with Gasteiger partial charge < -0.3 is 19.4 Å². The number of carbonyl (C=O) groups is 2. The van der Waals surface area contributed by atoms with Crippen molar-refractivity contribution in [3.05, 3.63) is 24.3 Å². The van der Waals surface area contributed by atoms with Gasteiger partial charge in [-0.25, -0.2) is 4.79 Å². The summed E-state index contributed by atoms with van der Waals surface area (Å²) in [7, 11) is 0. The van der Waals surface area contributed by atoms with Crippen molar-refractivity contribution in [2.45, 2.75) is 6.10 Å². The molecule has 0 aliphatic carbocycles. The molecule has 0 aromatic heterocycles. The van der Waals surface area contributed by atoms with Gasteiger partial charge in [0.2, 0.25) is 0 Å². The third-order valence-electron chi connectivity index (χ3n) is 3.75. The highest BCUT2D eigenvalue weighted by Crippen LogP contribution is 2.25. The van der Waals surface area contributed by atoms with Crippen molar-refractivity contribution in [3.63, 3.8) is 0 Å². The summed E-state index contributed by atoms with van der Waals surface area (Å²) in [6.45, 7) is 2.10. The number of hydrogen-bond donors (Lipinski definition) is 0. The molecule has 3 rings (SSSR count). The summed E-state index contributed by atoms with van der Waals surface area (Å²) in [5.74, 6) is -0.0556. The zero-order valence-corrected chi connectivity index (χ0v) is 13.7. The fourth-order valence-electron chi connectivity index (χ4n) is 2.61. The van der Waals surface area contributed by atoms with Gasteiger partial charge in [-0.1, -0.05) is 5.08 Å². The van der Waals surface area contributed by atoms with Crippen LogP contribution in [-0.2, 0) is 14.3 Å². The molecule has 2 aliphatic heterocycles. The Balaban J connectivity index is 1.69. The first-order valence-electron chi connectivity index (χ1n) is 7.35. The second kappa shape index (κ2) is 7.13. The van der Waals surface area contributed by atoms with Crippen LogP contribution in [0.5, 0.6) is 0 Å². The molecule has 118 valence electrons. The molecule has 2 saturated heterocycles. The minimum absolute atomic E-state index is 0.0556. The predicted molar refractivity (Wildman–Crippen MR) is 86.3 cm³/mol. The highest BCUT2D eigenvalue weighted by Gasteiger charge is 2.32. The van der Waals surface area contributed by atoms with Gasteiger partial charge in [0, 0.05) is 17.9 Å². The zero-order valence-electron chi connectivity index (χ0n) is 12.6. The van der Waals surface area contributed by atoms with Gasteiger partial charge in [0.1, 0.15) is 12.7 Å². The molecule has 1 aromatic rings. The topological polar surface area (TPSA) is 71.4 Å². The number of hydrogen-bond acceptors (Lipinski definition) is 5. The largest absolute Gasteiger partial charge is 0.442 e. The van der Waals surface area contributed by atoms with E-state index in [1.54, 1.807) is 14.9 Å². The van der Waals surface area contributed by atoms with Crippen LogP contribution < -0.4 is 9.80 Å². The molecule has 0 N–H and O–H groups in total. The molecule has 0 spiro atoms. The van der Waals surface area contributed by atoms with E-state index in [9.17, 15) is 9.59 Å². The molecule has 2 heterocycles. The van der Waals surface area contributed by atoms with Crippen molar-refractivity contribution in [2.75, 3.05) is 42.6 Å². The monoisotopic (exact) mass is 329 g/mol. The van der Waals surface area contributed by atoms with Crippen molar-refractivity contribution in [2.24, 2.45) is 4.99 Å². The first-order valence-corrected chi connectivity index (χ1v) is 8.02. The Hall–Kier alpha value is -1.88. The van der Waals surface area contributed by atoms with Crippen molar-refractivity contribution >= 4 is 44.7 Å². The van der Waals surface area contributed by atoms with Crippen LogP contribution in [0.15, 0.2) is 29.3 Å². The first kappa shape index (κ1) is 16.0. The number of anilines is 2. The summed E-state index contributed by atoms with van der Waals surface area (Å²) in [5, 5.41) is 1.62. The molecular weight excluding hydrogens is 313 g/mol. The maximum absolute atomic E-state index is 12.0. The highest BCUT2D eigenvalue weighted by atomic mass is 27.0. The Bertz CT molecular complexity index is 620. The van der Waals surface area contributed by atoms with E-state index in [-0.39, 0.29) is 24.7 Å². The lowest BCUT2D eigenvalue weighted by molar-refractivity contribution is -0.125. The number of carbonyl (C=O) groups excluding carboxylic acids is 2. The standard InChI is InChI=1S/C15H16N3O4.Al/c1-16-8-13-9-18(15(20)22-13)12-4-2-11(3-5-12)17-6-7-21-10-14(17)19;/h1-5,13H,6-10H2;/t13-;/m0./s1. The molecule has 2 radical (unpaired) electrons. The van der Waals surface area contributed by atoms with Crippen molar-refractivity contribution < 1.29 is 19.1 Å². The minimum atomic E-state index is -0.371. The third-order valence-corrected chi connectivity index (χ3v) is 3.96. The van der Waals surface area contributed by atoms with Crippen LogP contribution in [0.3, 0.4) is 0 Å². The fraction of sp³-hybridized carbons (Fsp3) is 0.400. The highest BCUT2D eigenvalue weighted by molar-refractivity contribution is 6.49. The van der Waals surface area contributed by atoms with E-state index in [0.717, 1.165) is 11.4 Å². The predicted octanol–water partition coefficient (Wildman–Crippen LogP) is 0.572. The van der Waals surface area contributed by atoms with E-state index < -0.39 is 0 Å². The van der Waals surface area contributed by atoms with Gasteiger partial charge in [0.15, 0.2) is 16.3 Å². The van der Waals surface area contributed by atoms with Crippen molar-refractivity contribution in [1.29, 1.82) is 0 Å². The van der Waals surface area contributed by atoms with Crippen LogP contribution in [0.4, 0.5) is 16.2 Å². The van der Waals surface area contributed by atoms with Gasteiger partial charge in [-0.15, -0.1) is 0 Å². The number of amides is 2. The lowest BCUT2D eigenvalue weighted by Gasteiger charge is -2.27. The van der Waals surface area contributed by atoms with Crippen LogP contribution in [0, 0.1) is 0 Å². The quantitative estimate of drug-likeness (QED) is 0.598. The lowest BCUT2D eigenvalue weighted by atomic mass is 10.2. The number of morpholine rings is 1. The van der Waals surface area contributed by atoms with Crippen LogP contribution in [0.2, 0.25) is 0 Å². The Morgan fingerprint density at radius 1 is 1.22 bits per heavy atom. The van der Waals surface area contributed by atoms with E-state index in [0.29, 0.717) is 26.2 Å². The summed E-state index contributed by atoms with van der Waals surface area (Å²) < 4.78 is 10.4. The van der Waals surface area contributed by atoms with Crippen molar-refractivity contribution in [1.82, 2.24) is 0 Å². The maximum Gasteiger partial charge on any atom is 0.414 e. The number of ether oxygens (including phenoxy) is 2. The normalized spacial score (nSPS) is 22.0. The number of cyclic esters (lactones) is 1. The zero-order chi connectivity index (χ0) is 16.2. The Morgan fingerprint density at radius 3 is 2.57 bits per heavy atom.